The van der Waals surface area contributed by atoms with Crippen molar-refractivity contribution in [3.05, 3.63) is 101 Å². The molecule has 10 heteroatoms. The van der Waals surface area contributed by atoms with Crippen molar-refractivity contribution in [2.24, 2.45) is 0 Å². The number of ether oxygens (including phenoxy) is 1. The topological polar surface area (TPSA) is 126 Å². The summed E-state index contributed by atoms with van der Waals surface area (Å²) in [5, 5.41) is 5.05. The number of anilines is 1. The molecule has 0 aliphatic heterocycles. The monoisotopic (exact) mass is 532 g/mol. The summed E-state index contributed by atoms with van der Waals surface area (Å²) in [5.74, 6) is -1.73. The molecule has 0 heterocycles. The highest BCUT2D eigenvalue weighted by molar-refractivity contribution is 7.80. The minimum absolute atomic E-state index is 0.0949. The fourth-order valence-corrected chi connectivity index (χ4v) is 3.52. The third kappa shape index (κ3) is 9.14. The quantitative estimate of drug-likeness (QED) is 0.189. The van der Waals surface area contributed by atoms with Crippen LogP contribution in [-0.2, 0) is 20.7 Å². The van der Waals surface area contributed by atoms with Crippen LogP contribution >= 0.6 is 12.2 Å². The minimum atomic E-state index is -0.500. The Balaban J connectivity index is 1.34. The standard InChI is InChI=1S/C28H28N4O5S/c1-19-7-5-6-10-23(19)27(36)29-22-13-11-21(12-14-22)26(35)31-32-28(38)30-24(33)15-16-25(34)37-18-17-20-8-3-2-4-9-20/h2-14H,15-18H2,1H3,(H,29,36)(H,31,35)(H2,30,32,33,38). The van der Waals surface area contributed by atoms with E-state index in [4.69, 9.17) is 17.0 Å². The second kappa shape index (κ2) is 14.2. The van der Waals surface area contributed by atoms with Crippen molar-refractivity contribution in [3.8, 4) is 0 Å². The van der Waals surface area contributed by atoms with Gasteiger partial charge in [-0.2, -0.15) is 0 Å². The number of hydrogen-bond donors (Lipinski definition) is 4. The first-order valence-electron chi connectivity index (χ1n) is 11.9. The number of hydrazine groups is 1. The van der Waals surface area contributed by atoms with Gasteiger partial charge < -0.3 is 15.4 Å². The smallest absolute Gasteiger partial charge is 0.306 e. The van der Waals surface area contributed by atoms with Gasteiger partial charge in [-0.1, -0.05) is 48.5 Å². The maximum absolute atomic E-state index is 12.4. The van der Waals surface area contributed by atoms with E-state index < -0.39 is 17.8 Å². The highest BCUT2D eigenvalue weighted by Gasteiger charge is 2.12. The maximum atomic E-state index is 12.4. The summed E-state index contributed by atoms with van der Waals surface area (Å²) in [6.45, 7) is 2.08. The van der Waals surface area contributed by atoms with Gasteiger partial charge in [-0.25, -0.2) is 0 Å². The molecule has 196 valence electrons. The molecule has 0 unspecified atom stereocenters. The second-order valence-corrected chi connectivity index (χ2v) is 8.67. The summed E-state index contributed by atoms with van der Waals surface area (Å²) < 4.78 is 5.14. The zero-order valence-corrected chi connectivity index (χ0v) is 21.6. The van der Waals surface area contributed by atoms with E-state index in [9.17, 15) is 19.2 Å². The van der Waals surface area contributed by atoms with Crippen LogP contribution in [-0.4, -0.2) is 35.4 Å². The number of esters is 1. The van der Waals surface area contributed by atoms with E-state index in [2.05, 4.69) is 21.5 Å². The summed E-state index contributed by atoms with van der Waals surface area (Å²) in [7, 11) is 0. The first kappa shape index (κ1) is 28.0. The molecule has 0 saturated heterocycles. The summed E-state index contributed by atoms with van der Waals surface area (Å²) in [5.41, 5.74) is 8.13. The molecule has 0 bridgehead atoms. The predicted molar refractivity (Wildman–Crippen MR) is 147 cm³/mol. The Morgan fingerprint density at radius 2 is 1.47 bits per heavy atom. The van der Waals surface area contributed by atoms with E-state index in [-0.39, 0.29) is 30.5 Å². The molecule has 0 spiro atoms. The van der Waals surface area contributed by atoms with Gasteiger partial charge >= 0.3 is 5.97 Å². The van der Waals surface area contributed by atoms with Gasteiger partial charge in [-0.15, -0.1) is 0 Å². The largest absolute Gasteiger partial charge is 0.465 e. The molecule has 3 rings (SSSR count). The molecule has 3 aromatic rings. The van der Waals surface area contributed by atoms with Gasteiger partial charge in [0.05, 0.1) is 13.0 Å². The molecule has 38 heavy (non-hydrogen) atoms. The lowest BCUT2D eigenvalue weighted by Crippen LogP contribution is -2.48. The third-order valence-corrected chi connectivity index (χ3v) is 5.59. The molecule has 0 aromatic heterocycles. The summed E-state index contributed by atoms with van der Waals surface area (Å²) in [6, 6.07) is 23.1. The average Bonchev–Trinajstić information content (AvgIpc) is 2.92. The molecule has 9 nitrogen and oxygen atoms in total. The van der Waals surface area contributed by atoms with Crippen LogP contribution in [0.25, 0.3) is 0 Å². The normalized spacial score (nSPS) is 10.1. The molecule has 0 atom stereocenters. The molecule has 0 saturated carbocycles. The van der Waals surface area contributed by atoms with Gasteiger partial charge in [0.25, 0.3) is 11.8 Å². The highest BCUT2D eigenvalue weighted by atomic mass is 32.1. The molecular weight excluding hydrogens is 504 g/mol. The van der Waals surface area contributed by atoms with Crippen LogP contribution in [0.1, 0.15) is 44.7 Å². The van der Waals surface area contributed by atoms with Crippen LogP contribution < -0.4 is 21.5 Å². The number of aryl methyl sites for hydroxylation is 1. The van der Waals surface area contributed by atoms with E-state index in [0.29, 0.717) is 23.2 Å². The molecule has 4 N–H and O–H groups in total. The van der Waals surface area contributed by atoms with Gasteiger partial charge in [0.1, 0.15) is 0 Å². The van der Waals surface area contributed by atoms with Crippen molar-refractivity contribution in [1.82, 2.24) is 16.2 Å². The van der Waals surface area contributed by atoms with Crippen molar-refractivity contribution < 1.29 is 23.9 Å². The number of nitrogens with one attached hydrogen (secondary N) is 4. The Hall–Kier alpha value is -4.57. The SMILES string of the molecule is Cc1ccccc1C(=O)Nc1ccc(C(=O)NNC(=S)NC(=O)CCC(=O)OCCc2ccccc2)cc1. The number of benzene rings is 3. The first-order chi connectivity index (χ1) is 18.3. The summed E-state index contributed by atoms with van der Waals surface area (Å²) >= 11 is 5.01. The summed E-state index contributed by atoms with van der Waals surface area (Å²) in [4.78, 5) is 48.6. The Morgan fingerprint density at radius 1 is 0.789 bits per heavy atom. The lowest BCUT2D eigenvalue weighted by molar-refractivity contribution is -0.144. The van der Waals surface area contributed by atoms with Gasteiger partial charge in [-0.3, -0.25) is 30.0 Å². The van der Waals surface area contributed by atoms with E-state index in [0.717, 1.165) is 11.1 Å². The van der Waals surface area contributed by atoms with E-state index in [1.165, 1.54) is 12.1 Å². The average molecular weight is 533 g/mol. The van der Waals surface area contributed by atoms with Crippen LogP contribution in [0.2, 0.25) is 0 Å². The molecule has 0 aliphatic rings. The molecule has 3 aromatic carbocycles. The van der Waals surface area contributed by atoms with Crippen molar-refractivity contribution in [3.63, 3.8) is 0 Å². The highest BCUT2D eigenvalue weighted by Crippen LogP contribution is 2.13. The van der Waals surface area contributed by atoms with Crippen molar-refractivity contribution in [2.45, 2.75) is 26.2 Å². The fraction of sp³-hybridized carbons (Fsp3) is 0.179. The Morgan fingerprint density at radius 3 is 2.18 bits per heavy atom. The van der Waals surface area contributed by atoms with Gasteiger partial charge in [0.15, 0.2) is 5.11 Å². The van der Waals surface area contributed by atoms with E-state index >= 15 is 0 Å². The third-order valence-electron chi connectivity index (χ3n) is 5.39. The minimum Gasteiger partial charge on any atom is -0.465 e. The molecule has 0 aliphatic carbocycles. The van der Waals surface area contributed by atoms with Gasteiger partial charge in [-0.05, 0) is 60.6 Å². The second-order valence-electron chi connectivity index (χ2n) is 8.26. The number of hydrogen-bond acceptors (Lipinski definition) is 6. The van der Waals surface area contributed by atoms with Crippen LogP contribution in [0.4, 0.5) is 5.69 Å². The molecular formula is C28H28N4O5S. The lowest BCUT2D eigenvalue weighted by atomic mass is 10.1. The number of rotatable bonds is 9. The molecule has 0 radical (unpaired) electrons. The van der Waals surface area contributed by atoms with Crippen LogP contribution in [0.3, 0.4) is 0 Å². The number of carbonyl (C=O) groups is 4. The van der Waals surface area contributed by atoms with Crippen molar-refractivity contribution in [1.29, 1.82) is 0 Å². The van der Waals surface area contributed by atoms with Crippen molar-refractivity contribution in [2.75, 3.05) is 11.9 Å². The van der Waals surface area contributed by atoms with Crippen molar-refractivity contribution >= 4 is 46.7 Å². The van der Waals surface area contributed by atoms with Gasteiger partial charge in [0, 0.05) is 29.7 Å². The fourth-order valence-electron chi connectivity index (χ4n) is 3.35. The molecule has 0 fully saturated rings. The molecule has 3 amide bonds. The Labute approximate surface area is 225 Å². The van der Waals surface area contributed by atoms with Crippen LogP contribution in [0.5, 0.6) is 0 Å². The zero-order valence-electron chi connectivity index (χ0n) is 20.8. The number of thiocarbonyl (C=S) groups is 1. The number of amides is 3. The van der Waals surface area contributed by atoms with E-state index in [1.54, 1.807) is 24.3 Å². The number of carbonyl (C=O) groups excluding carboxylic acids is 4. The van der Waals surface area contributed by atoms with Crippen LogP contribution in [0.15, 0.2) is 78.9 Å². The predicted octanol–water partition coefficient (Wildman–Crippen LogP) is 3.45. The lowest BCUT2D eigenvalue weighted by Gasteiger charge is -2.11. The maximum Gasteiger partial charge on any atom is 0.306 e. The van der Waals surface area contributed by atoms with E-state index in [1.807, 2.05) is 49.4 Å². The Bertz CT molecular complexity index is 1300. The van der Waals surface area contributed by atoms with Crippen LogP contribution in [0, 0.1) is 6.92 Å². The summed E-state index contributed by atoms with van der Waals surface area (Å²) in [6.07, 6.45) is 0.384. The van der Waals surface area contributed by atoms with Gasteiger partial charge in [0.2, 0.25) is 5.91 Å². The zero-order chi connectivity index (χ0) is 27.3. The Kier molecular flexibility index (Phi) is 10.5. The first-order valence-corrected chi connectivity index (χ1v) is 12.3.